The van der Waals surface area contributed by atoms with Crippen molar-refractivity contribution in [3.63, 3.8) is 0 Å². The van der Waals surface area contributed by atoms with Gasteiger partial charge in [-0.15, -0.1) is 11.3 Å². The van der Waals surface area contributed by atoms with E-state index in [2.05, 4.69) is 9.71 Å². The molecule has 0 fully saturated rings. The number of benzene rings is 1. The van der Waals surface area contributed by atoms with Gasteiger partial charge in [0.25, 0.3) is 10.0 Å². The second kappa shape index (κ2) is 5.57. The van der Waals surface area contributed by atoms with E-state index < -0.39 is 10.0 Å². The number of nitrogens with zero attached hydrogens (tertiary/aromatic N) is 1. The third-order valence-corrected chi connectivity index (χ3v) is 7.41. The SMILES string of the molecule is O=S(=O)(Nc1nc2c(Cl)c(Cl)ccc2s1)c1ccc(Cl)s1. The predicted molar refractivity (Wildman–Crippen MR) is 89.8 cm³/mol. The Balaban J connectivity index is 2.00. The summed E-state index contributed by atoms with van der Waals surface area (Å²) >= 11 is 19.9. The van der Waals surface area contributed by atoms with Crippen LogP contribution in [0.1, 0.15) is 0 Å². The lowest BCUT2D eigenvalue weighted by molar-refractivity contribution is 0.603. The van der Waals surface area contributed by atoms with Gasteiger partial charge in [0, 0.05) is 0 Å². The largest absolute Gasteiger partial charge is 0.273 e. The van der Waals surface area contributed by atoms with Crippen LogP contribution in [-0.4, -0.2) is 13.4 Å². The Bertz CT molecular complexity index is 933. The maximum atomic E-state index is 12.2. The molecule has 2 aromatic heterocycles. The van der Waals surface area contributed by atoms with Crippen molar-refractivity contribution in [3.05, 3.63) is 38.6 Å². The standard InChI is InChI=1S/C11H5Cl3N2O2S3/c12-5-1-2-6-10(9(5)14)15-11(19-6)16-21(17,18)8-4-3-7(13)20-8/h1-4H,(H,15,16). The molecule has 110 valence electrons. The minimum atomic E-state index is -3.71. The van der Waals surface area contributed by atoms with Crippen molar-refractivity contribution < 1.29 is 8.42 Å². The number of sulfonamides is 1. The Hall–Kier alpha value is -0.570. The van der Waals surface area contributed by atoms with Crippen LogP contribution in [-0.2, 0) is 10.0 Å². The molecular weight excluding hydrogens is 395 g/mol. The summed E-state index contributed by atoms with van der Waals surface area (Å²) in [6.45, 7) is 0. The van der Waals surface area contributed by atoms with E-state index in [1.807, 2.05) is 0 Å². The zero-order valence-corrected chi connectivity index (χ0v) is 14.6. The van der Waals surface area contributed by atoms with Gasteiger partial charge < -0.3 is 0 Å². The van der Waals surface area contributed by atoms with Gasteiger partial charge in [0.05, 0.1) is 19.1 Å². The lowest BCUT2D eigenvalue weighted by atomic mass is 10.3. The molecule has 0 aliphatic carbocycles. The first kappa shape index (κ1) is 15.3. The summed E-state index contributed by atoms with van der Waals surface area (Å²) in [6.07, 6.45) is 0. The van der Waals surface area contributed by atoms with Gasteiger partial charge in [0.15, 0.2) is 5.13 Å². The summed E-state index contributed by atoms with van der Waals surface area (Å²) < 4.78 is 28.1. The Morgan fingerprint density at radius 2 is 1.81 bits per heavy atom. The van der Waals surface area contributed by atoms with Crippen molar-refractivity contribution in [2.45, 2.75) is 4.21 Å². The van der Waals surface area contributed by atoms with Crippen LogP contribution in [0.15, 0.2) is 28.5 Å². The van der Waals surface area contributed by atoms with E-state index in [0.717, 1.165) is 16.0 Å². The van der Waals surface area contributed by atoms with E-state index in [1.54, 1.807) is 12.1 Å². The smallest absolute Gasteiger partial charge is 0.254 e. The van der Waals surface area contributed by atoms with Gasteiger partial charge in [-0.2, -0.15) is 0 Å². The lowest BCUT2D eigenvalue weighted by Gasteiger charge is -2.01. The van der Waals surface area contributed by atoms with Crippen molar-refractivity contribution in [1.82, 2.24) is 4.98 Å². The van der Waals surface area contributed by atoms with Crippen LogP contribution >= 0.6 is 57.5 Å². The van der Waals surface area contributed by atoms with Gasteiger partial charge in [-0.25, -0.2) is 13.4 Å². The second-order valence-corrected chi connectivity index (χ2v) is 9.33. The number of nitrogens with one attached hydrogen (secondary N) is 1. The van der Waals surface area contributed by atoms with Crippen molar-refractivity contribution in [2.24, 2.45) is 0 Å². The molecule has 0 unspecified atom stereocenters. The molecule has 0 aliphatic rings. The van der Waals surface area contributed by atoms with Gasteiger partial charge in [-0.05, 0) is 24.3 Å². The van der Waals surface area contributed by atoms with Crippen molar-refractivity contribution >= 4 is 82.8 Å². The molecule has 10 heteroatoms. The first-order valence-electron chi connectivity index (χ1n) is 5.39. The molecule has 0 radical (unpaired) electrons. The van der Waals surface area contributed by atoms with Gasteiger partial charge in [0.2, 0.25) is 0 Å². The van der Waals surface area contributed by atoms with Crippen LogP contribution in [0.4, 0.5) is 5.13 Å². The quantitative estimate of drug-likeness (QED) is 0.665. The van der Waals surface area contributed by atoms with Crippen LogP contribution in [0.5, 0.6) is 0 Å². The van der Waals surface area contributed by atoms with E-state index in [0.29, 0.717) is 19.9 Å². The summed E-state index contributed by atoms with van der Waals surface area (Å²) in [5.74, 6) is 0. The maximum absolute atomic E-state index is 12.2. The molecule has 3 aromatic rings. The molecule has 2 heterocycles. The van der Waals surface area contributed by atoms with Crippen LogP contribution in [0, 0.1) is 0 Å². The Kier molecular flexibility index (Phi) is 4.06. The summed E-state index contributed by atoms with van der Waals surface area (Å²) in [7, 11) is -3.71. The van der Waals surface area contributed by atoms with Crippen molar-refractivity contribution in [3.8, 4) is 0 Å². The average molecular weight is 400 g/mol. The number of rotatable bonds is 3. The van der Waals surface area contributed by atoms with E-state index in [1.165, 1.54) is 23.5 Å². The summed E-state index contributed by atoms with van der Waals surface area (Å²) in [5.41, 5.74) is 0.469. The van der Waals surface area contributed by atoms with Gasteiger partial charge in [-0.3, -0.25) is 4.72 Å². The molecule has 4 nitrogen and oxygen atoms in total. The second-order valence-electron chi connectivity index (χ2n) is 3.89. The molecule has 0 bridgehead atoms. The zero-order chi connectivity index (χ0) is 15.2. The predicted octanol–water partition coefficient (Wildman–Crippen LogP) is 5.12. The van der Waals surface area contributed by atoms with Crippen molar-refractivity contribution in [2.75, 3.05) is 4.72 Å². The van der Waals surface area contributed by atoms with E-state index in [-0.39, 0.29) is 9.34 Å². The van der Waals surface area contributed by atoms with Crippen LogP contribution < -0.4 is 4.72 Å². The zero-order valence-electron chi connectivity index (χ0n) is 9.93. The molecule has 0 aliphatic heterocycles. The van der Waals surface area contributed by atoms with Crippen LogP contribution in [0.2, 0.25) is 14.4 Å². The molecule has 0 saturated heterocycles. The fraction of sp³-hybridized carbons (Fsp3) is 0. The van der Waals surface area contributed by atoms with Crippen LogP contribution in [0.3, 0.4) is 0 Å². The molecule has 0 atom stereocenters. The highest BCUT2D eigenvalue weighted by molar-refractivity contribution is 7.95. The summed E-state index contributed by atoms with van der Waals surface area (Å²) in [4.78, 5) is 4.17. The molecule has 21 heavy (non-hydrogen) atoms. The van der Waals surface area contributed by atoms with E-state index in [4.69, 9.17) is 34.8 Å². The normalized spacial score (nSPS) is 12.0. The Labute approximate surface area is 143 Å². The number of aromatic nitrogens is 1. The highest BCUT2D eigenvalue weighted by atomic mass is 35.5. The summed E-state index contributed by atoms with van der Waals surface area (Å²) in [6, 6.07) is 6.34. The van der Waals surface area contributed by atoms with E-state index in [9.17, 15) is 8.42 Å². The monoisotopic (exact) mass is 398 g/mol. The Morgan fingerprint density at radius 1 is 1.05 bits per heavy atom. The fourth-order valence-corrected chi connectivity index (χ4v) is 5.60. The lowest BCUT2D eigenvalue weighted by Crippen LogP contribution is -2.10. The van der Waals surface area contributed by atoms with Crippen molar-refractivity contribution in [1.29, 1.82) is 0 Å². The minimum absolute atomic E-state index is 0.121. The number of hydrogen-bond donors (Lipinski definition) is 1. The first-order chi connectivity index (χ1) is 9.87. The minimum Gasteiger partial charge on any atom is -0.254 e. The van der Waals surface area contributed by atoms with Gasteiger partial charge in [-0.1, -0.05) is 46.1 Å². The number of anilines is 1. The average Bonchev–Trinajstić information content (AvgIpc) is 3.00. The van der Waals surface area contributed by atoms with E-state index >= 15 is 0 Å². The molecular formula is C11H5Cl3N2O2S3. The maximum Gasteiger partial charge on any atom is 0.273 e. The third-order valence-electron chi connectivity index (χ3n) is 2.49. The highest BCUT2D eigenvalue weighted by Gasteiger charge is 2.19. The Morgan fingerprint density at radius 3 is 2.48 bits per heavy atom. The molecule has 3 rings (SSSR count). The first-order valence-corrected chi connectivity index (χ1v) is 9.64. The number of thiophene rings is 1. The third kappa shape index (κ3) is 2.99. The fourth-order valence-electron chi connectivity index (χ4n) is 1.59. The number of halogens is 3. The number of thiazole rings is 1. The highest BCUT2D eigenvalue weighted by Crippen LogP contribution is 2.36. The van der Waals surface area contributed by atoms with Gasteiger partial charge >= 0.3 is 0 Å². The molecule has 1 aromatic carbocycles. The summed E-state index contributed by atoms with van der Waals surface area (Å²) in [5, 5.41) is 0.891. The molecule has 0 amide bonds. The molecule has 0 spiro atoms. The number of fused-ring (bicyclic) bond motifs is 1. The topological polar surface area (TPSA) is 59.1 Å². The van der Waals surface area contributed by atoms with Crippen LogP contribution in [0.25, 0.3) is 10.2 Å². The molecule has 0 saturated carbocycles. The molecule has 1 N–H and O–H groups in total. The van der Waals surface area contributed by atoms with Gasteiger partial charge in [0.1, 0.15) is 9.73 Å². The number of hydrogen-bond acceptors (Lipinski definition) is 5.